The summed E-state index contributed by atoms with van der Waals surface area (Å²) in [5.74, 6) is 2.42. The molecule has 3 nitrogen and oxygen atoms in total. The summed E-state index contributed by atoms with van der Waals surface area (Å²) in [6.45, 7) is 1.82. The normalized spacial score (nSPS) is 9.23. The topological polar surface area (TPSA) is 43.1 Å². The minimum Gasteiger partial charge on any atom is -0.258 e. The van der Waals surface area contributed by atoms with Gasteiger partial charge in [-0.3, -0.25) is 10.1 Å². The number of aryl methyl sites for hydroxylation is 1. The summed E-state index contributed by atoms with van der Waals surface area (Å²) in [5.41, 5.74) is 1.61. The van der Waals surface area contributed by atoms with Crippen LogP contribution in [-0.4, -0.2) is 4.92 Å². The molecule has 0 aromatic heterocycles. The van der Waals surface area contributed by atoms with Gasteiger partial charge in [-0.2, -0.15) is 0 Å². The molecule has 0 N–H and O–H groups in total. The summed E-state index contributed by atoms with van der Waals surface area (Å²) in [4.78, 5) is 10.2. The summed E-state index contributed by atoms with van der Waals surface area (Å²) in [5, 5.41) is 10.6. The number of nitro groups is 1. The molecule has 0 unspecified atom stereocenters. The van der Waals surface area contributed by atoms with Crippen LogP contribution in [0.25, 0.3) is 0 Å². The van der Waals surface area contributed by atoms with Crippen molar-refractivity contribution in [1.29, 1.82) is 0 Å². The Bertz CT molecular complexity index is 377. The molecule has 66 valence electrons. The fraction of sp³-hybridized carbons (Fsp3) is 0.200. The lowest BCUT2D eigenvalue weighted by Gasteiger charge is -2.01. The van der Waals surface area contributed by atoms with Gasteiger partial charge in [-0.15, -0.1) is 12.3 Å². The van der Waals surface area contributed by atoms with E-state index >= 15 is 0 Å². The summed E-state index contributed by atoms with van der Waals surface area (Å²) in [6.07, 6.45) is 5.43. The Balaban J connectivity index is 3.27. The fourth-order valence-corrected chi connectivity index (χ4v) is 1.19. The molecule has 1 aromatic rings. The number of hydrogen-bond acceptors (Lipinski definition) is 2. The van der Waals surface area contributed by atoms with E-state index in [1.165, 1.54) is 6.07 Å². The molecule has 0 spiro atoms. The smallest absolute Gasteiger partial charge is 0.258 e. The molecule has 0 aliphatic carbocycles. The van der Waals surface area contributed by atoms with Crippen molar-refractivity contribution in [2.45, 2.75) is 13.3 Å². The van der Waals surface area contributed by atoms with Gasteiger partial charge in [0.2, 0.25) is 0 Å². The molecule has 0 saturated carbocycles. The lowest BCUT2D eigenvalue weighted by atomic mass is 10.0. The summed E-state index contributed by atoms with van der Waals surface area (Å²) >= 11 is 0. The zero-order chi connectivity index (χ0) is 9.84. The van der Waals surface area contributed by atoms with Crippen LogP contribution in [0.15, 0.2) is 18.2 Å². The van der Waals surface area contributed by atoms with Crippen molar-refractivity contribution in [2.75, 3.05) is 0 Å². The highest BCUT2D eigenvalue weighted by Crippen LogP contribution is 2.21. The van der Waals surface area contributed by atoms with E-state index in [0.717, 1.165) is 5.56 Å². The van der Waals surface area contributed by atoms with E-state index in [-0.39, 0.29) is 5.69 Å². The molecule has 1 rings (SSSR count). The van der Waals surface area contributed by atoms with Crippen molar-refractivity contribution in [3.63, 3.8) is 0 Å². The van der Waals surface area contributed by atoms with Crippen LogP contribution in [0.1, 0.15) is 11.1 Å². The van der Waals surface area contributed by atoms with Crippen LogP contribution in [0, 0.1) is 29.4 Å². The van der Waals surface area contributed by atoms with Gasteiger partial charge in [0, 0.05) is 18.1 Å². The highest BCUT2D eigenvalue weighted by atomic mass is 16.6. The molecule has 13 heavy (non-hydrogen) atoms. The van der Waals surface area contributed by atoms with Gasteiger partial charge in [0.15, 0.2) is 0 Å². The van der Waals surface area contributed by atoms with Gasteiger partial charge in [-0.05, 0) is 12.5 Å². The first-order valence-electron chi connectivity index (χ1n) is 3.83. The van der Waals surface area contributed by atoms with Gasteiger partial charge in [-0.1, -0.05) is 12.1 Å². The maximum atomic E-state index is 10.6. The van der Waals surface area contributed by atoms with E-state index < -0.39 is 4.92 Å². The van der Waals surface area contributed by atoms with E-state index in [9.17, 15) is 10.1 Å². The Hall–Kier alpha value is -1.82. The summed E-state index contributed by atoms with van der Waals surface area (Å²) in [6, 6.07) is 4.95. The molecule has 0 heterocycles. The third-order valence-electron chi connectivity index (χ3n) is 1.86. The predicted octanol–water partition coefficient (Wildman–Crippen LogP) is 2.08. The molecule has 0 amide bonds. The van der Waals surface area contributed by atoms with Gasteiger partial charge in [0.1, 0.15) is 0 Å². The van der Waals surface area contributed by atoms with Crippen LogP contribution in [0.5, 0.6) is 0 Å². The minimum absolute atomic E-state index is 0.109. The number of terminal acetylenes is 1. The molecule has 1 aromatic carbocycles. The predicted molar refractivity (Wildman–Crippen MR) is 50.4 cm³/mol. The first-order chi connectivity index (χ1) is 6.16. The second kappa shape index (κ2) is 3.72. The van der Waals surface area contributed by atoms with E-state index in [1.807, 2.05) is 13.0 Å². The van der Waals surface area contributed by atoms with Crippen LogP contribution in [0.2, 0.25) is 0 Å². The third kappa shape index (κ3) is 1.85. The minimum atomic E-state index is -0.403. The molecule has 0 aliphatic heterocycles. The molecule has 0 radical (unpaired) electrons. The van der Waals surface area contributed by atoms with Gasteiger partial charge in [-0.25, -0.2) is 0 Å². The average Bonchev–Trinajstić information content (AvgIpc) is 2.08. The monoisotopic (exact) mass is 175 g/mol. The quantitative estimate of drug-likeness (QED) is 0.392. The van der Waals surface area contributed by atoms with Gasteiger partial charge < -0.3 is 0 Å². The molecule has 0 atom stereocenters. The summed E-state index contributed by atoms with van der Waals surface area (Å²) < 4.78 is 0. The Labute approximate surface area is 76.5 Å². The standard InChI is InChI=1S/C10H9NO2/c1-3-5-9-8(2)6-4-7-10(9)11(12)13/h1,4,6-7H,5H2,2H3. The van der Waals surface area contributed by atoms with E-state index in [1.54, 1.807) is 6.07 Å². The van der Waals surface area contributed by atoms with Crippen molar-refractivity contribution in [3.8, 4) is 12.3 Å². The lowest BCUT2D eigenvalue weighted by Crippen LogP contribution is -1.96. The van der Waals surface area contributed by atoms with Crippen molar-refractivity contribution in [3.05, 3.63) is 39.4 Å². The Morgan fingerprint density at radius 1 is 1.62 bits per heavy atom. The second-order valence-corrected chi connectivity index (χ2v) is 2.71. The number of hydrogen-bond donors (Lipinski definition) is 0. The molecular formula is C10H9NO2. The van der Waals surface area contributed by atoms with Crippen LogP contribution in [0.3, 0.4) is 0 Å². The number of rotatable bonds is 2. The van der Waals surface area contributed by atoms with Crippen LogP contribution >= 0.6 is 0 Å². The third-order valence-corrected chi connectivity index (χ3v) is 1.86. The molecule has 0 saturated heterocycles. The molecule has 0 aliphatic rings. The Morgan fingerprint density at radius 3 is 2.85 bits per heavy atom. The van der Waals surface area contributed by atoms with Gasteiger partial charge in [0.05, 0.1) is 4.92 Å². The lowest BCUT2D eigenvalue weighted by molar-refractivity contribution is -0.385. The van der Waals surface area contributed by atoms with Gasteiger partial charge >= 0.3 is 0 Å². The van der Waals surface area contributed by atoms with Crippen molar-refractivity contribution >= 4 is 5.69 Å². The maximum absolute atomic E-state index is 10.6. The van der Waals surface area contributed by atoms with Crippen LogP contribution < -0.4 is 0 Å². The maximum Gasteiger partial charge on any atom is 0.273 e. The zero-order valence-corrected chi connectivity index (χ0v) is 7.28. The van der Waals surface area contributed by atoms with Crippen molar-refractivity contribution in [2.24, 2.45) is 0 Å². The van der Waals surface area contributed by atoms with E-state index in [4.69, 9.17) is 6.42 Å². The van der Waals surface area contributed by atoms with Crippen LogP contribution in [-0.2, 0) is 6.42 Å². The summed E-state index contributed by atoms with van der Waals surface area (Å²) in [7, 11) is 0. The van der Waals surface area contributed by atoms with Gasteiger partial charge in [0.25, 0.3) is 5.69 Å². The van der Waals surface area contributed by atoms with Crippen molar-refractivity contribution in [1.82, 2.24) is 0 Å². The highest BCUT2D eigenvalue weighted by molar-refractivity contribution is 5.46. The number of benzene rings is 1. The van der Waals surface area contributed by atoms with E-state index in [2.05, 4.69) is 5.92 Å². The molecule has 0 fully saturated rings. The largest absolute Gasteiger partial charge is 0.273 e. The zero-order valence-electron chi connectivity index (χ0n) is 7.28. The molecular weight excluding hydrogens is 166 g/mol. The Morgan fingerprint density at radius 2 is 2.31 bits per heavy atom. The Kier molecular flexibility index (Phi) is 2.65. The van der Waals surface area contributed by atoms with Crippen LogP contribution in [0.4, 0.5) is 5.69 Å². The molecule has 3 heteroatoms. The average molecular weight is 175 g/mol. The SMILES string of the molecule is C#CCc1c(C)cccc1[N+](=O)[O-]. The number of nitrogens with zero attached hydrogens (tertiary/aromatic N) is 1. The fourth-order valence-electron chi connectivity index (χ4n) is 1.19. The van der Waals surface area contributed by atoms with Crippen molar-refractivity contribution < 1.29 is 4.92 Å². The molecule has 0 bridgehead atoms. The number of nitro benzene ring substituents is 1. The highest BCUT2D eigenvalue weighted by Gasteiger charge is 2.13. The second-order valence-electron chi connectivity index (χ2n) is 2.71. The first-order valence-corrected chi connectivity index (χ1v) is 3.83. The van der Waals surface area contributed by atoms with E-state index in [0.29, 0.717) is 12.0 Å². The first kappa shape index (κ1) is 9.27.